The maximum Gasteiger partial charge on any atom is 0.335 e. The number of aromatic nitrogens is 3. The average Bonchev–Trinajstić information content (AvgIpc) is 3.49. The zero-order chi connectivity index (χ0) is 27.4. The number of nitrogens with zero attached hydrogens (tertiary/aromatic N) is 3. The first-order chi connectivity index (χ1) is 18.0. The zero-order valence-corrected chi connectivity index (χ0v) is 21.6. The Kier molecular flexibility index (Phi) is 6.15. The summed E-state index contributed by atoms with van der Waals surface area (Å²) in [6.45, 7) is 5.41. The summed E-state index contributed by atoms with van der Waals surface area (Å²) >= 11 is 0. The van der Waals surface area contributed by atoms with Gasteiger partial charge < -0.3 is 19.1 Å². The molecule has 198 valence electrons. The Morgan fingerprint density at radius 3 is 2.79 bits per heavy atom. The van der Waals surface area contributed by atoms with Crippen molar-refractivity contribution in [3.8, 4) is 17.5 Å². The quantitative estimate of drug-likeness (QED) is 0.335. The molecule has 0 spiro atoms. The lowest BCUT2D eigenvalue weighted by molar-refractivity contribution is -0.170. The van der Waals surface area contributed by atoms with Crippen molar-refractivity contribution in [1.29, 1.82) is 5.26 Å². The molecule has 0 aliphatic carbocycles. The van der Waals surface area contributed by atoms with Gasteiger partial charge in [0.1, 0.15) is 5.52 Å². The summed E-state index contributed by atoms with van der Waals surface area (Å²) in [6.07, 6.45) is 2.32. The molecule has 4 aromatic rings. The molecular weight excluding hydrogens is 494 g/mol. The van der Waals surface area contributed by atoms with Gasteiger partial charge in [0.25, 0.3) is 0 Å². The highest BCUT2D eigenvalue weighted by Gasteiger charge is 2.43. The van der Waals surface area contributed by atoms with Crippen LogP contribution in [0, 0.1) is 23.0 Å². The molecule has 2 atom stereocenters. The van der Waals surface area contributed by atoms with Crippen molar-refractivity contribution in [2.45, 2.75) is 57.0 Å². The van der Waals surface area contributed by atoms with E-state index in [1.807, 2.05) is 24.5 Å². The van der Waals surface area contributed by atoms with Gasteiger partial charge in [0, 0.05) is 46.0 Å². The molecule has 3 heterocycles. The van der Waals surface area contributed by atoms with E-state index in [2.05, 4.69) is 16.3 Å². The minimum atomic E-state index is -1.34. The number of nitriles is 1. The summed E-state index contributed by atoms with van der Waals surface area (Å²) in [5.74, 6) is -2.41. The number of hydrogen-bond acceptors (Lipinski definition) is 5. The zero-order valence-electron chi connectivity index (χ0n) is 21.6. The molecule has 1 saturated heterocycles. The lowest BCUT2D eigenvalue weighted by Gasteiger charge is -2.36. The minimum absolute atomic E-state index is 0.0259. The number of ether oxygens (including phenoxy) is 2. The summed E-state index contributed by atoms with van der Waals surface area (Å²) in [5, 5.41) is 27.0. The van der Waals surface area contributed by atoms with Crippen molar-refractivity contribution in [1.82, 2.24) is 14.8 Å². The third-order valence-corrected chi connectivity index (χ3v) is 7.63. The van der Waals surface area contributed by atoms with Crippen LogP contribution in [-0.4, -0.2) is 45.2 Å². The Morgan fingerprint density at radius 1 is 1.39 bits per heavy atom. The second-order valence-electron chi connectivity index (χ2n) is 10.6. The number of carbonyl (C=O) groups is 1. The van der Waals surface area contributed by atoms with Crippen LogP contribution < -0.4 is 4.74 Å². The molecule has 1 unspecified atom stereocenters. The molecule has 0 radical (unpaired) electrons. The molecule has 1 aliphatic heterocycles. The summed E-state index contributed by atoms with van der Waals surface area (Å²) in [5.41, 5.74) is 0.513. The molecule has 2 aromatic carbocycles. The van der Waals surface area contributed by atoms with Gasteiger partial charge in [0.05, 0.1) is 31.5 Å². The van der Waals surface area contributed by atoms with E-state index < -0.39 is 28.6 Å². The molecule has 1 aliphatic rings. The van der Waals surface area contributed by atoms with Gasteiger partial charge in [-0.1, -0.05) is 13.8 Å². The van der Waals surface area contributed by atoms with E-state index >= 15 is 4.39 Å². The van der Waals surface area contributed by atoms with E-state index in [1.54, 1.807) is 12.1 Å². The number of H-pyrrole nitrogens is 1. The molecule has 2 N–H and O–H groups in total. The number of hydrogen-bond donors (Lipinski definition) is 2. The van der Waals surface area contributed by atoms with Crippen LogP contribution in [0.4, 0.5) is 8.78 Å². The molecule has 0 bridgehead atoms. The fourth-order valence-corrected chi connectivity index (χ4v) is 5.52. The van der Waals surface area contributed by atoms with Crippen LogP contribution >= 0.6 is 0 Å². The summed E-state index contributed by atoms with van der Waals surface area (Å²) < 4.78 is 43.7. The number of carboxylic acids is 1. The third-order valence-electron chi connectivity index (χ3n) is 7.63. The molecule has 0 amide bonds. The van der Waals surface area contributed by atoms with Crippen molar-refractivity contribution in [2.75, 3.05) is 13.7 Å². The van der Waals surface area contributed by atoms with E-state index in [9.17, 15) is 19.6 Å². The van der Waals surface area contributed by atoms with Crippen molar-refractivity contribution < 1.29 is 28.2 Å². The van der Waals surface area contributed by atoms with E-state index in [4.69, 9.17) is 9.47 Å². The van der Waals surface area contributed by atoms with E-state index in [0.29, 0.717) is 39.7 Å². The first-order valence-electron chi connectivity index (χ1n) is 12.3. The lowest BCUT2D eigenvalue weighted by atomic mass is 9.77. The highest BCUT2D eigenvalue weighted by atomic mass is 19.1. The second-order valence-corrected chi connectivity index (χ2v) is 10.6. The number of fused-ring (bicyclic) bond motifs is 2. The largest absolute Gasteiger partial charge is 0.494 e. The molecule has 5 rings (SSSR count). The lowest BCUT2D eigenvalue weighted by Crippen LogP contribution is -2.43. The molecule has 38 heavy (non-hydrogen) atoms. The van der Waals surface area contributed by atoms with Crippen molar-refractivity contribution >= 4 is 27.8 Å². The Hall–Kier alpha value is -3.97. The predicted octanol–water partition coefficient (Wildman–Crippen LogP) is 5.72. The topological polar surface area (TPSA) is 113 Å². The molecular formula is C28H28F2N4O4. The normalized spacial score (nSPS) is 20.1. The maximum absolute atomic E-state index is 16.3. The average molecular weight is 523 g/mol. The smallest absolute Gasteiger partial charge is 0.335 e. The van der Waals surface area contributed by atoms with Gasteiger partial charge in [-0.3, -0.25) is 5.10 Å². The van der Waals surface area contributed by atoms with E-state index in [-0.39, 0.29) is 36.6 Å². The van der Waals surface area contributed by atoms with Crippen LogP contribution in [0.25, 0.3) is 27.5 Å². The number of methoxy groups -OCH3 is 1. The van der Waals surface area contributed by atoms with Gasteiger partial charge in [-0.25, -0.2) is 13.6 Å². The van der Waals surface area contributed by atoms with Gasteiger partial charge >= 0.3 is 5.97 Å². The molecule has 2 aromatic heterocycles. The molecule has 10 heteroatoms. The monoisotopic (exact) mass is 522 g/mol. The summed E-state index contributed by atoms with van der Waals surface area (Å²) in [4.78, 5) is 11.8. The SMILES string of the molecule is COc1cc(-n2c(C(C)(C)CC#N)c(C3CC[C@](C)(C(=O)O)OC3)c3c(F)c4[nH]ncc4cc32)ccc1F. The molecule has 1 fully saturated rings. The van der Waals surface area contributed by atoms with Gasteiger partial charge in [0.15, 0.2) is 23.0 Å². The fourth-order valence-electron chi connectivity index (χ4n) is 5.52. The number of rotatable bonds is 6. The van der Waals surface area contributed by atoms with Crippen LogP contribution in [0.1, 0.15) is 57.2 Å². The third kappa shape index (κ3) is 3.89. The summed E-state index contributed by atoms with van der Waals surface area (Å²) in [7, 11) is 1.37. The van der Waals surface area contributed by atoms with E-state index in [1.165, 1.54) is 26.3 Å². The summed E-state index contributed by atoms with van der Waals surface area (Å²) in [6, 6.07) is 8.47. The Morgan fingerprint density at radius 2 is 2.16 bits per heavy atom. The van der Waals surface area contributed by atoms with Gasteiger partial charge in [-0.15, -0.1) is 0 Å². The standard InChI is InChI=1S/C28H28F2N4O4/c1-27(2,9-10-31)25-21(15-7-8-28(3,26(35)36)38-14-15)22-19(11-16-13-32-33-24(16)23(22)30)34(25)17-5-6-18(29)20(12-17)37-4/h5-6,11-13,15H,7-9,14H2,1-4H3,(H,32,33)(H,35,36)/t15?,28-/m1/s1. The van der Waals surface area contributed by atoms with Crippen LogP contribution in [0.5, 0.6) is 5.75 Å². The Bertz CT molecular complexity index is 1610. The Balaban J connectivity index is 1.88. The minimum Gasteiger partial charge on any atom is -0.494 e. The predicted molar refractivity (Wildman–Crippen MR) is 137 cm³/mol. The van der Waals surface area contributed by atoms with Crippen molar-refractivity contribution in [3.05, 3.63) is 53.4 Å². The van der Waals surface area contributed by atoms with Crippen LogP contribution in [0.15, 0.2) is 30.5 Å². The highest BCUT2D eigenvalue weighted by molar-refractivity contribution is 6.00. The number of aliphatic carboxylic acids is 1. The first kappa shape index (κ1) is 25.7. The first-order valence-corrected chi connectivity index (χ1v) is 12.3. The molecule has 0 saturated carbocycles. The van der Waals surface area contributed by atoms with Crippen LogP contribution in [-0.2, 0) is 14.9 Å². The van der Waals surface area contributed by atoms with Crippen molar-refractivity contribution in [3.63, 3.8) is 0 Å². The maximum atomic E-state index is 16.3. The van der Waals surface area contributed by atoms with Crippen molar-refractivity contribution in [2.24, 2.45) is 0 Å². The van der Waals surface area contributed by atoms with E-state index in [0.717, 1.165) is 0 Å². The van der Waals surface area contributed by atoms with Gasteiger partial charge in [-0.2, -0.15) is 10.4 Å². The number of benzene rings is 2. The Labute approximate surface area is 217 Å². The van der Waals surface area contributed by atoms with Gasteiger partial charge in [0.2, 0.25) is 0 Å². The van der Waals surface area contributed by atoms with Crippen LogP contribution in [0.3, 0.4) is 0 Å². The number of carboxylic acid groups (broad SMARTS) is 1. The van der Waals surface area contributed by atoms with Gasteiger partial charge in [-0.05, 0) is 43.5 Å². The highest BCUT2D eigenvalue weighted by Crippen LogP contribution is 2.47. The van der Waals surface area contributed by atoms with Crippen LogP contribution in [0.2, 0.25) is 0 Å². The fraction of sp³-hybridized carbons (Fsp3) is 0.393. The second kappa shape index (κ2) is 9.10. The number of aromatic amines is 1. The number of nitrogens with one attached hydrogen (secondary N) is 1. The molecule has 8 nitrogen and oxygen atoms in total. The number of halogens is 2.